The molecule has 0 fully saturated rings. The molecule has 0 aliphatic rings. The molecule has 0 bridgehead atoms. The first-order valence-corrected chi connectivity index (χ1v) is 7.82. The summed E-state index contributed by atoms with van der Waals surface area (Å²) in [6.07, 6.45) is 4.30. The van der Waals surface area contributed by atoms with Gasteiger partial charge in [0.25, 0.3) is 0 Å². The largest absolute Gasteiger partial charge is 0.241 e. The standard InChI is InChI=1S/C13H17N3O2S/c1-2-19(17,18)15-9-8-12-10-14-16(11-12)13-6-4-3-5-7-13/h3-7,10-11,15H,2,8-9H2,1H3. The Bertz CT molecular complexity index is 620. The van der Waals surface area contributed by atoms with Crippen LogP contribution in [0.3, 0.4) is 0 Å². The van der Waals surface area contributed by atoms with Gasteiger partial charge in [0, 0.05) is 12.7 Å². The van der Waals surface area contributed by atoms with Gasteiger partial charge in [-0.1, -0.05) is 18.2 Å². The van der Waals surface area contributed by atoms with Gasteiger partial charge < -0.3 is 0 Å². The normalized spacial score (nSPS) is 11.6. The zero-order valence-corrected chi connectivity index (χ0v) is 11.6. The van der Waals surface area contributed by atoms with Crippen LogP contribution in [-0.2, 0) is 16.4 Å². The maximum Gasteiger partial charge on any atom is 0.211 e. The van der Waals surface area contributed by atoms with Crippen LogP contribution in [-0.4, -0.2) is 30.5 Å². The van der Waals surface area contributed by atoms with Gasteiger partial charge in [-0.15, -0.1) is 0 Å². The Hall–Kier alpha value is -1.66. The van der Waals surface area contributed by atoms with E-state index >= 15 is 0 Å². The Kier molecular flexibility index (Phi) is 4.34. The molecule has 6 heteroatoms. The van der Waals surface area contributed by atoms with E-state index in [0.29, 0.717) is 13.0 Å². The zero-order valence-electron chi connectivity index (χ0n) is 10.8. The summed E-state index contributed by atoms with van der Waals surface area (Å²) in [5.41, 5.74) is 1.99. The van der Waals surface area contributed by atoms with Crippen molar-refractivity contribution in [2.75, 3.05) is 12.3 Å². The predicted molar refractivity (Wildman–Crippen MR) is 74.7 cm³/mol. The van der Waals surface area contributed by atoms with Gasteiger partial charge in [0.15, 0.2) is 0 Å². The lowest BCUT2D eigenvalue weighted by molar-refractivity contribution is 0.583. The molecule has 0 radical (unpaired) electrons. The molecule has 2 aromatic rings. The zero-order chi connectivity index (χ0) is 13.7. The third-order valence-electron chi connectivity index (χ3n) is 2.77. The maximum absolute atomic E-state index is 11.3. The van der Waals surface area contributed by atoms with Gasteiger partial charge >= 0.3 is 0 Å². The highest BCUT2D eigenvalue weighted by atomic mass is 32.2. The summed E-state index contributed by atoms with van der Waals surface area (Å²) in [6.45, 7) is 2.02. The molecule has 1 heterocycles. The van der Waals surface area contributed by atoms with Crippen LogP contribution in [0.2, 0.25) is 0 Å². The quantitative estimate of drug-likeness (QED) is 0.868. The number of rotatable bonds is 6. The Morgan fingerprint density at radius 2 is 2.00 bits per heavy atom. The molecule has 1 aromatic heterocycles. The molecule has 102 valence electrons. The van der Waals surface area contributed by atoms with Gasteiger partial charge in [-0.2, -0.15) is 5.10 Å². The van der Waals surface area contributed by atoms with E-state index in [1.165, 1.54) is 0 Å². The molecule has 0 amide bonds. The first kappa shape index (κ1) is 13.8. The molecule has 0 aliphatic heterocycles. The van der Waals surface area contributed by atoms with E-state index in [9.17, 15) is 8.42 Å². The average molecular weight is 279 g/mol. The molecule has 2 rings (SSSR count). The first-order chi connectivity index (χ1) is 9.11. The summed E-state index contributed by atoms with van der Waals surface area (Å²) in [7, 11) is -3.11. The van der Waals surface area contributed by atoms with Crippen molar-refractivity contribution in [2.24, 2.45) is 0 Å². The highest BCUT2D eigenvalue weighted by molar-refractivity contribution is 7.89. The Morgan fingerprint density at radius 3 is 2.68 bits per heavy atom. The number of nitrogens with zero attached hydrogens (tertiary/aromatic N) is 2. The monoisotopic (exact) mass is 279 g/mol. The lowest BCUT2D eigenvalue weighted by atomic mass is 10.2. The van der Waals surface area contributed by atoms with Crippen molar-refractivity contribution >= 4 is 10.0 Å². The van der Waals surface area contributed by atoms with Crippen LogP contribution >= 0.6 is 0 Å². The van der Waals surface area contributed by atoms with Gasteiger partial charge in [0.2, 0.25) is 10.0 Å². The lowest BCUT2D eigenvalue weighted by Crippen LogP contribution is -2.27. The number of aromatic nitrogens is 2. The second-order valence-corrected chi connectivity index (χ2v) is 6.27. The van der Waals surface area contributed by atoms with E-state index in [1.54, 1.807) is 17.8 Å². The molecule has 5 nitrogen and oxygen atoms in total. The molecule has 0 aliphatic carbocycles. The minimum Gasteiger partial charge on any atom is -0.241 e. The Labute approximate surface area is 113 Å². The second kappa shape index (κ2) is 5.99. The lowest BCUT2D eigenvalue weighted by Gasteiger charge is -2.02. The SMILES string of the molecule is CCS(=O)(=O)NCCc1cnn(-c2ccccc2)c1. The highest BCUT2D eigenvalue weighted by Gasteiger charge is 2.06. The minimum atomic E-state index is -3.11. The fourth-order valence-corrected chi connectivity index (χ4v) is 2.28. The molecule has 0 saturated carbocycles. The van der Waals surface area contributed by atoms with Crippen LogP contribution in [0.4, 0.5) is 0 Å². The number of hydrogen-bond donors (Lipinski definition) is 1. The maximum atomic E-state index is 11.3. The molecule has 0 saturated heterocycles. The van der Waals surface area contributed by atoms with E-state index in [2.05, 4.69) is 9.82 Å². The first-order valence-electron chi connectivity index (χ1n) is 6.17. The topological polar surface area (TPSA) is 64.0 Å². The summed E-state index contributed by atoms with van der Waals surface area (Å²) >= 11 is 0. The van der Waals surface area contributed by atoms with Crippen molar-refractivity contribution in [1.82, 2.24) is 14.5 Å². The van der Waals surface area contributed by atoms with Crippen LogP contribution < -0.4 is 4.72 Å². The van der Waals surface area contributed by atoms with Crippen molar-refractivity contribution < 1.29 is 8.42 Å². The Morgan fingerprint density at radius 1 is 1.26 bits per heavy atom. The summed E-state index contributed by atoms with van der Waals surface area (Å²) < 4.78 is 26.9. The molecular weight excluding hydrogens is 262 g/mol. The Balaban J connectivity index is 1.95. The molecule has 0 spiro atoms. The molecule has 0 unspecified atom stereocenters. The van der Waals surface area contributed by atoms with Crippen LogP contribution in [0.15, 0.2) is 42.7 Å². The van der Waals surface area contributed by atoms with Gasteiger partial charge in [-0.05, 0) is 31.0 Å². The molecule has 0 atom stereocenters. The van der Waals surface area contributed by atoms with Gasteiger partial charge in [0.1, 0.15) is 0 Å². The molecular formula is C13H17N3O2S. The highest BCUT2D eigenvalue weighted by Crippen LogP contribution is 2.07. The fourth-order valence-electron chi connectivity index (χ4n) is 1.66. The van der Waals surface area contributed by atoms with E-state index in [0.717, 1.165) is 11.3 Å². The van der Waals surface area contributed by atoms with Crippen LogP contribution in [0.5, 0.6) is 0 Å². The fraction of sp³-hybridized carbons (Fsp3) is 0.308. The van der Waals surface area contributed by atoms with Crippen LogP contribution in [0, 0.1) is 0 Å². The van der Waals surface area contributed by atoms with Crippen molar-refractivity contribution in [3.8, 4) is 5.69 Å². The number of para-hydroxylation sites is 1. The number of nitrogens with one attached hydrogen (secondary N) is 1. The van der Waals surface area contributed by atoms with Crippen LogP contribution in [0.1, 0.15) is 12.5 Å². The van der Waals surface area contributed by atoms with Crippen molar-refractivity contribution in [2.45, 2.75) is 13.3 Å². The average Bonchev–Trinajstić information content (AvgIpc) is 2.88. The van der Waals surface area contributed by atoms with Gasteiger partial charge in [-0.25, -0.2) is 17.8 Å². The predicted octanol–water partition coefficient (Wildman–Crippen LogP) is 1.35. The smallest absolute Gasteiger partial charge is 0.211 e. The third-order valence-corrected chi connectivity index (χ3v) is 4.18. The minimum absolute atomic E-state index is 0.107. The number of benzene rings is 1. The second-order valence-electron chi connectivity index (χ2n) is 4.18. The molecule has 1 N–H and O–H groups in total. The van der Waals surface area contributed by atoms with E-state index in [-0.39, 0.29) is 5.75 Å². The van der Waals surface area contributed by atoms with Gasteiger partial charge in [-0.3, -0.25) is 0 Å². The van der Waals surface area contributed by atoms with Crippen LogP contribution in [0.25, 0.3) is 5.69 Å². The number of sulfonamides is 1. The summed E-state index contributed by atoms with van der Waals surface area (Å²) in [6, 6.07) is 9.79. The van der Waals surface area contributed by atoms with Crippen molar-refractivity contribution in [3.05, 3.63) is 48.3 Å². The summed E-state index contributed by atoms with van der Waals surface area (Å²) in [4.78, 5) is 0. The van der Waals surface area contributed by atoms with E-state index in [1.807, 2.05) is 36.5 Å². The van der Waals surface area contributed by atoms with Crippen molar-refractivity contribution in [3.63, 3.8) is 0 Å². The van der Waals surface area contributed by atoms with Gasteiger partial charge in [0.05, 0.1) is 17.6 Å². The van der Waals surface area contributed by atoms with E-state index in [4.69, 9.17) is 0 Å². The summed E-state index contributed by atoms with van der Waals surface area (Å²) in [5, 5.41) is 4.26. The summed E-state index contributed by atoms with van der Waals surface area (Å²) in [5.74, 6) is 0.107. The van der Waals surface area contributed by atoms with Crippen molar-refractivity contribution in [1.29, 1.82) is 0 Å². The molecule has 19 heavy (non-hydrogen) atoms. The van der Waals surface area contributed by atoms with E-state index < -0.39 is 10.0 Å². The third kappa shape index (κ3) is 3.90. The molecule has 1 aromatic carbocycles. The number of hydrogen-bond acceptors (Lipinski definition) is 3.